The van der Waals surface area contributed by atoms with Crippen molar-refractivity contribution in [2.75, 3.05) is 7.11 Å². The van der Waals surface area contributed by atoms with Crippen molar-refractivity contribution in [1.82, 2.24) is 0 Å². The van der Waals surface area contributed by atoms with E-state index in [4.69, 9.17) is 9.47 Å². The number of rotatable bonds is 5. The van der Waals surface area contributed by atoms with Crippen LogP contribution in [-0.2, 0) is 4.79 Å². The van der Waals surface area contributed by atoms with E-state index >= 15 is 0 Å². The number of hydrogen-bond acceptors (Lipinski definition) is 5. The molecule has 0 atom stereocenters. The Morgan fingerprint density at radius 3 is 2.71 bits per heavy atom. The number of carbonyl (C=O) groups is 1. The van der Waals surface area contributed by atoms with Crippen LogP contribution in [0.15, 0.2) is 46.9 Å². The van der Waals surface area contributed by atoms with Crippen molar-refractivity contribution in [1.29, 1.82) is 0 Å². The van der Waals surface area contributed by atoms with Crippen LogP contribution in [0.1, 0.15) is 5.56 Å². The Bertz CT molecular complexity index is 822. The molecular formula is C16H11BrFNO5. The fourth-order valence-electron chi connectivity index (χ4n) is 1.80. The number of nitrogens with zero attached hydrogens (tertiary/aromatic N) is 1. The van der Waals surface area contributed by atoms with Gasteiger partial charge in [0, 0.05) is 16.1 Å². The molecule has 0 saturated heterocycles. The van der Waals surface area contributed by atoms with E-state index in [0.29, 0.717) is 4.47 Å². The highest BCUT2D eigenvalue weighted by Gasteiger charge is 2.18. The molecule has 0 aromatic heterocycles. The molecule has 0 aliphatic rings. The minimum Gasteiger partial charge on any atom is -0.496 e. The van der Waals surface area contributed by atoms with Crippen molar-refractivity contribution in [2.45, 2.75) is 0 Å². The van der Waals surface area contributed by atoms with E-state index in [1.807, 2.05) is 0 Å². The summed E-state index contributed by atoms with van der Waals surface area (Å²) in [6.07, 6.45) is 2.20. The molecule has 0 aliphatic heterocycles. The van der Waals surface area contributed by atoms with Crippen molar-refractivity contribution < 1.29 is 23.6 Å². The van der Waals surface area contributed by atoms with E-state index in [1.54, 1.807) is 0 Å². The Hall–Kier alpha value is -2.74. The SMILES string of the molecule is COc1ccc(OC(=O)C=Cc2cc(Br)ccc2F)c([N+](=O)[O-])c1. The molecule has 124 valence electrons. The molecule has 8 heteroatoms. The second-order valence-corrected chi connectivity index (χ2v) is 5.43. The molecule has 0 bridgehead atoms. The van der Waals surface area contributed by atoms with Crippen molar-refractivity contribution >= 4 is 33.7 Å². The zero-order chi connectivity index (χ0) is 17.7. The Labute approximate surface area is 144 Å². The summed E-state index contributed by atoms with van der Waals surface area (Å²) in [5, 5.41) is 11.0. The molecule has 0 unspecified atom stereocenters. The van der Waals surface area contributed by atoms with E-state index < -0.39 is 22.4 Å². The summed E-state index contributed by atoms with van der Waals surface area (Å²) in [6, 6.07) is 8.06. The Balaban J connectivity index is 2.19. The first-order chi connectivity index (χ1) is 11.4. The molecule has 6 nitrogen and oxygen atoms in total. The summed E-state index contributed by atoms with van der Waals surface area (Å²) in [4.78, 5) is 22.1. The van der Waals surface area contributed by atoms with Crippen molar-refractivity contribution in [2.24, 2.45) is 0 Å². The van der Waals surface area contributed by atoms with Gasteiger partial charge in [0.05, 0.1) is 18.1 Å². The molecule has 0 saturated carbocycles. The van der Waals surface area contributed by atoms with Gasteiger partial charge in [0.15, 0.2) is 0 Å². The largest absolute Gasteiger partial charge is 0.496 e. The molecule has 0 aliphatic carbocycles. The summed E-state index contributed by atoms with van der Waals surface area (Å²) < 4.78 is 24.0. The first kappa shape index (κ1) is 17.6. The van der Waals surface area contributed by atoms with Gasteiger partial charge >= 0.3 is 11.7 Å². The summed E-state index contributed by atoms with van der Waals surface area (Å²) in [7, 11) is 1.36. The van der Waals surface area contributed by atoms with Gasteiger partial charge in [0.1, 0.15) is 11.6 Å². The Kier molecular flexibility index (Phi) is 5.64. The van der Waals surface area contributed by atoms with Gasteiger partial charge in [-0.05, 0) is 36.4 Å². The van der Waals surface area contributed by atoms with Crippen LogP contribution in [0.25, 0.3) is 6.08 Å². The van der Waals surface area contributed by atoms with Gasteiger partial charge in [0.25, 0.3) is 0 Å². The fourth-order valence-corrected chi connectivity index (χ4v) is 2.17. The second-order valence-electron chi connectivity index (χ2n) is 4.51. The Morgan fingerprint density at radius 2 is 2.04 bits per heavy atom. The van der Waals surface area contributed by atoms with Gasteiger partial charge in [-0.2, -0.15) is 0 Å². The lowest BCUT2D eigenvalue weighted by molar-refractivity contribution is -0.385. The summed E-state index contributed by atoms with van der Waals surface area (Å²) in [6.45, 7) is 0. The maximum absolute atomic E-state index is 13.6. The highest BCUT2D eigenvalue weighted by molar-refractivity contribution is 9.10. The van der Waals surface area contributed by atoms with Gasteiger partial charge < -0.3 is 9.47 Å². The van der Waals surface area contributed by atoms with E-state index in [-0.39, 0.29) is 17.1 Å². The maximum atomic E-state index is 13.6. The number of methoxy groups -OCH3 is 1. The highest BCUT2D eigenvalue weighted by atomic mass is 79.9. The molecule has 0 fully saturated rings. The lowest BCUT2D eigenvalue weighted by Gasteiger charge is -2.05. The molecule has 0 heterocycles. The first-order valence-corrected chi connectivity index (χ1v) is 7.37. The third-order valence-electron chi connectivity index (χ3n) is 2.93. The molecule has 0 spiro atoms. The van der Waals surface area contributed by atoms with Gasteiger partial charge in [-0.1, -0.05) is 15.9 Å². The number of benzene rings is 2. The zero-order valence-corrected chi connectivity index (χ0v) is 13.9. The average molecular weight is 396 g/mol. The molecule has 24 heavy (non-hydrogen) atoms. The predicted octanol–water partition coefficient (Wildman–Crippen LogP) is 4.12. The molecule has 0 radical (unpaired) electrons. The summed E-state index contributed by atoms with van der Waals surface area (Å²) in [5.74, 6) is -1.36. The lowest BCUT2D eigenvalue weighted by Crippen LogP contribution is -2.06. The standard InChI is InChI=1S/C16H11BrFNO5/c1-23-12-4-6-15(14(9-12)19(21)22)24-16(20)7-2-10-8-11(17)3-5-13(10)18/h2-9H,1H3. The fraction of sp³-hybridized carbons (Fsp3) is 0.0625. The van der Waals surface area contributed by atoms with Crippen LogP contribution in [0.5, 0.6) is 11.5 Å². The van der Waals surface area contributed by atoms with Crippen LogP contribution < -0.4 is 9.47 Å². The van der Waals surface area contributed by atoms with E-state index in [9.17, 15) is 19.3 Å². The van der Waals surface area contributed by atoms with Gasteiger partial charge in [0.2, 0.25) is 5.75 Å². The third-order valence-corrected chi connectivity index (χ3v) is 3.42. The normalized spacial score (nSPS) is 10.6. The smallest absolute Gasteiger partial charge is 0.336 e. The first-order valence-electron chi connectivity index (χ1n) is 6.58. The number of carbonyl (C=O) groups excluding carboxylic acids is 1. The minimum absolute atomic E-state index is 0.172. The zero-order valence-electron chi connectivity index (χ0n) is 12.4. The number of nitro groups is 1. The number of esters is 1. The van der Waals surface area contributed by atoms with Crippen LogP contribution in [0, 0.1) is 15.9 Å². The Morgan fingerprint density at radius 1 is 1.29 bits per heavy atom. The molecule has 0 N–H and O–H groups in total. The summed E-state index contributed by atoms with van der Waals surface area (Å²) >= 11 is 3.19. The topological polar surface area (TPSA) is 78.7 Å². The number of hydrogen-bond donors (Lipinski definition) is 0. The number of ether oxygens (including phenoxy) is 2. The quantitative estimate of drug-likeness (QED) is 0.250. The van der Waals surface area contributed by atoms with Crippen LogP contribution in [0.3, 0.4) is 0 Å². The third kappa shape index (κ3) is 4.39. The minimum atomic E-state index is -0.873. The van der Waals surface area contributed by atoms with Crippen LogP contribution >= 0.6 is 15.9 Å². The van der Waals surface area contributed by atoms with Gasteiger partial charge in [-0.25, -0.2) is 9.18 Å². The van der Waals surface area contributed by atoms with Crippen LogP contribution in [0.2, 0.25) is 0 Å². The van der Waals surface area contributed by atoms with E-state index in [1.165, 1.54) is 43.5 Å². The molecule has 2 aromatic rings. The van der Waals surface area contributed by atoms with Gasteiger partial charge in [-0.3, -0.25) is 10.1 Å². The maximum Gasteiger partial charge on any atom is 0.336 e. The molecular weight excluding hydrogens is 385 g/mol. The van der Waals surface area contributed by atoms with Crippen LogP contribution in [-0.4, -0.2) is 18.0 Å². The molecule has 2 rings (SSSR count). The number of nitro benzene ring substituents is 1. The van der Waals surface area contributed by atoms with Crippen molar-refractivity contribution in [3.63, 3.8) is 0 Å². The lowest BCUT2D eigenvalue weighted by atomic mass is 10.2. The van der Waals surface area contributed by atoms with Crippen molar-refractivity contribution in [3.8, 4) is 11.5 Å². The number of halogens is 2. The van der Waals surface area contributed by atoms with E-state index in [0.717, 1.165) is 12.1 Å². The van der Waals surface area contributed by atoms with Crippen LogP contribution in [0.4, 0.5) is 10.1 Å². The summed E-state index contributed by atoms with van der Waals surface area (Å²) in [5.41, 5.74) is -0.240. The van der Waals surface area contributed by atoms with Gasteiger partial charge in [-0.15, -0.1) is 0 Å². The monoisotopic (exact) mass is 395 g/mol. The predicted molar refractivity (Wildman–Crippen MR) is 88.4 cm³/mol. The average Bonchev–Trinajstić information content (AvgIpc) is 2.55. The highest BCUT2D eigenvalue weighted by Crippen LogP contribution is 2.31. The van der Waals surface area contributed by atoms with Crippen molar-refractivity contribution in [3.05, 3.63) is 68.4 Å². The molecule has 0 amide bonds. The van der Waals surface area contributed by atoms with E-state index in [2.05, 4.69) is 15.9 Å². The second kappa shape index (κ2) is 7.69. The molecule has 2 aromatic carbocycles.